The van der Waals surface area contributed by atoms with E-state index in [-0.39, 0.29) is 5.69 Å². The minimum Gasteiger partial charge on any atom is -0.457 e. The Bertz CT molecular complexity index is 867. The molecule has 0 saturated heterocycles. The maximum Gasteiger partial charge on any atom is 0.323 e. The van der Waals surface area contributed by atoms with Crippen molar-refractivity contribution in [3.8, 4) is 11.5 Å². The summed E-state index contributed by atoms with van der Waals surface area (Å²) in [7, 11) is 0. The first kappa shape index (κ1) is 15.1. The molecule has 2 aromatic carbocycles. The standard InChI is InChI=1S/C16H12BrN3O3/c17-10-1-5-12(6-2-10)23-13-7-3-11(4-8-13)19-15(21)14-9-18-16(22)20-14/h1-9H,(H,19,21)(H2,18,20,22). The zero-order valence-corrected chi connectivity index (χ0v) is 13.4. The van der Waals surface area contributed by atoms with Crippen LogP contribution in [-0.4, -0.2) is 15.9 Å². The van der Waals surface area contributed by atoms with Gasteiger partial charge in [-0.1, -0.05) is 15.9 Å². The van der Waals surface area contributed by atoms with Crippen LogP contribution in [0.25, 0.3) is 0 Å². The van der Waals surface area contributed by atoms with Crippen LogP contribution in [0.5, 0.6) is 11.5 Å². The van der Waals surface area contributed by atoms with E-state index in [2.05, 4.69) is 31.2 Å². The van der Waals surface area contributed by atoms with Gasteiger partial charge in [-0.25, -0.2) is 4.79 Å². The van der Waals surface area contributed by atoms with Crippen molar-refractivity contribution < 1.29 is 9.53 Å². The molecule has 0 aliphatic carbocycles. The van der Waals surface area contributed by atoms with Gasteiger partial charge in [-0.15, -0.1) is 0 Å². The van der Waals surface area contributed by atoms with Crippen molar-refractivity contribution in [3.63, 3.8) is 0 Å². The van der Waals surface area contributed by atoms with Gasteiger partial charge in [0.1, 0.15) is 17.2 Å². The van der Waals surface area contributed by atoms with E-state index in [9.17, 15) is 9.59 Å². The van der Waals surface area contributed by atoms with E-state index in [0.717, 1.165) is 10.2 Å². The summed E-state index contributed by atoms with van der Waals surface area (Å²) in [5.74, 6) is 0.972. The first-order valence-corrected chi connectivity index (χ1v) is 7.52. The summed E-state index contributed by atoms with van der Waals surface area (Å²) in [6, 6.07) is 14.4. The molecule has 1 amide bonds. The molecule has 0 aliphatic rings. The maximum absolute atomic E-state index is 11.9. The normalized spacial score (nSPS) is 10.3. The Morgan fingerprint density at radius 2 is 1.61 bits per heavy atom. The molecule has 6 nitrogen and oxygen atoms in total. The smallest absolute Gasteiger partial charge is 0.323 e. The molecule has 23 heavy (non-hydrogen) atoms. The number of amides is 1. The molecule has 0 atom stereocenters. The number of H-pyrrole nitrogens is 2. The van der Waals surface area contributed by atoms with Crippen LogP contribution in [0.15, 0.2) is 64.0 Å². The quantitative estimate of drug-likeness (QED) is 0.653. The second-order valence-corrected chi connectivity index (χ2v) is 5.61. The highest BCUT2D eigenvalue weighted by molar-refractivity contribution is 9.10. The predicted molar refractivity (Wildman–Crippen MR) is 90.0 cm³/mol. The summed E-state index contributed by atoms with van der Waals surface area (Å²) in [4.78, 5) is 27.6. The van der Waals surface area contributed by atoms with Crippen LogP contribution in [0.4, 0.5) is 5.69 Å². The van der Waals surface area contributed by atoms with E-state index in [1.54, 1.807) is 24.3 Å². The number of ether oxygens (including phenoxy) is 1. The summed E-state index contributed by atoms with van der Waals surface area (Å²) in [6.07, 6.45) is 1.32. The average molecular weight is 374 g/mol. The zero-order valence-electron chi connectivity index (χ0n) is 11.8. The Hall–Kier alpha value is -2.80. The van der Waals surface area contributed by atoms with Gasteiger partial charge >= 0.3 is 5.69 Å². The molecular formula is C16H12BrN3O3. The van der Waals surface area contributed by atoms with Gasteiger partial charge in [0.15, 0.2) is 0 Å². The number of halogens is 1. The van der Waals surface area contributed by atoms with Crippen molar-refractivity contribution in [2.45, 2.75) is 0 Å². The molecule has 0 bridgehead atoms. The van der Waals surface area contributed by atoms with Gasteiger partial charge in [0.05, 0.1) is 0 Å². The second kappa shape index (κ2) is 6.53. The van der Waals surface area contributed by atoms with Crippen molar-refractivity contribution in [1.82, 2.24) is 9.97 Å². The van der Waals surface area contributed by atoms with Crippen LogP contribution in [0.3, 0.4) is 0 Å². The fourth-order valence-electron chi connectivity index (χ4n) is 1.90. The number of aromatic amines is 2. The van der Waals surface area contributed by atoms with Crippen molar-refractivity contribution in [2.24, 2.45) is 0 Å². The van der Waals surface area contributed by atoms with Gasteiger partial charge in [0.2, 0.25) is 0 Å². The van der Waals surface area contributed by atoms with Gasteiger partial charge in [0.25, 0.3) is 5.91 Å². The molecule has 3 rings (SSSR count). The van der Waals surface area contributed by atoms with Gasteiger partial charge < -0.3 is 20.0 Å². The molecule has 0 radical (unpaired) electrons. The molecule has 0 spiro atoms. The zero-order chi connectivity index (χ0) is 16.2. The van der Waals surface area contributed by atoms with E-state index in [0.29, 0.717) is 11.4 Å². The lowest BCUT2D eigenvalue weighted by atomic mass is 10.3. The van der Waals surface area contributed by atoms with E-state index in [4.69, 9.17) is 4.74 Å². The topological polar surface area (TPSA) is 87.0 Å². The number of carbonyl (C=O) groups is 1. The van der Waals surface area contributed by atoms with Crippen molar-refractivity contribution in [3.05, 3.63) is 75.4 Å². The largest absolute Gasteiger partial charge is 0.457 e. The van der Waals surface area contributed by atoms with Gasteiger partial charge in [-0.05, 0) is 48.5 Å². The number of imidazole rings is 1. The maximum atomic E-state index is 11.9. The number of carbonyl (C=O) groups excluding carboxylic acids is 1. The third kappa shape index (κ3) is 3.89. The van der Waals surface area contributed by atoms with Crippen LogP contribution in [-0.2, 0) is 0 Å². The number of rotatable bonds is 4. The Labute approximate surface area is 139 Å². The lowest BCUT2D eigenvalue weighted by molar-refractivity contribution is 0.102. The number of anilines is 1. The molecule has 0 fully saturated rings. The molecule has 0 unspecified atom stereocenters. The Balaban J connectivity index is 1.66. The minimum atomic E-state index is -0.423. The summed E-state index contributed by atoms with van der Waals surface area (Å²) in [6.45, 7) is 0. The van der Waals surface area contributed by atoms with Gasteiger partial charge in [-0.3, -0.25) is 4.79 Å². The van der Waals surface area contributed by atoms with E-state index >= 15 is 0 Å². The predicted octanol–water partition coefficient (Wildman–Crippen LogP) is 3.51. The number of benzene rings is 2. The van der Waals surface area contributed by atoms with Crippen molar-refractivity contribution in [1.29, 1.82) is 0 Å². The van der Waals surface area contributed by atoms with Crippen LogP contribution in [0.2, 0.25) is 0 Å². The average Bonchev–Trinajstić information content (AvgIpc) is 2.98. The number of aromatic nitrogens is 2. The Morgan fingerprint density at radius 3 is 2.17 bits per heavy atom. The Morgan fingerprint density at radius 1 is 1.00 bits per heavy atom. The van der Waals surface area contributed by atoms with Crippen LogP contribution >= 0.6 is 15.9 Å². The van der Waals surface area contributed by atoms with Crippen molar-refractivity contribution >= 4 is 27.5 Å². The minimum absolute atomic E-state index is 0.171. The molecule has 1 aromatic heterocycles. The Kier molecular flexibility index (Phi) is 4.29. The summed E-state index contributed by atoms with van der Waals surface area (Å²) in [5.41, 5.74) is 0.346. The fraction of sp³-hybridized carbons (Fsp3) is 0. The highest BCUT2D eigenvalue weighted by Gasteiger charge is 2.08. The molecule has 3 aromatic rings. The molecule has 3 N–H and O–H groups in total. The van der Waals surface area contributed by atoms with Crippen LogP contribution < -0.4 is 15.7 Å². The first-order chi connectivity index (χ1) is 11.1. The number of hydrogen-bond acceptors (Lipinski definition) is 3. The molecule has 7 heteroatoms. The summed E-state index contributed by atoms with van der Waals surface area (Å²) >= 11 is 3.36. The molecule has 116 valence electrons. The molecule has 0 aliphatic heterocycles. The molecule has 0 saturated carbocycles. The van der Waals surface area contributed by atoms with Crippen LogP contribution in [0, 0.1) is 0 Å². The van der Waals surface area contributed by atoms with Gasteiger partial charge in [-0.2, -0.15) is 0 Å². The SMILES string of the molecule is O=C(Nc1ccc(Oc2ccc(Br)cc2)cc1)c1c[nH]c(=O)[nH]1. The number of hydrogen-bond donors (Lipinski definition) is 3. The lowest BCUT2D eigenvalue weighted by Crippen LogP contribution is -2.13. The molecule has 1 heterocycles. The van der Waals surface area contributed by atoms with E-state index in [1.807, 2.05) is 24.3 Å². The lowest BCUT2D eigenvalue weighted by Gasteiger charge is -2.07. The van der Waals surface area contributed by atoms with Crippen molar-refractivity contribution in [2.75, 3.05) is 5.32 Å². The monoisotopic (exact) mass is 373 g/mol. The highest BCUT2D eigenvalue weighted by Crippen LogP contribution is 2.24. The van der Waals surface area contributed by atoms with Gasteiger partial charge in [0, 0.05) is 16.4 Å². The highest BCUT2D eigenvalue weighted by atomic mass is 79.9. The third-order valence-corrected chi connectivity index (χ3v) is 3.53. The third-order valence-electron chi connectivity index (χ3n) is 3.00. The van der Waals surface area contributed by atoms with Crippen LogP contribution in [0.1, 0.15) is 10.5 Å². The first-order valence-electron chi connectivity index (χ1n) is 6.73. The molecular weight excluding hydrogens is 362 g/mol. The number of nitrogens with one attached hydrogen (secondary N) is 3. The van der Waals surface area contributed by atoms with E-state index < -0.39 is 11.6 Å². The fourth-order valence-corrected chi connectivity index (χ4v) is 2.16. The summed E-state index contributed by atoms with van der Waals surface area (Å²) in [5, 5.41) is 2.68. The summed E-state index contributed by atoms with van der Waals surface area (Å²) < 4.78 is 6.67. The van der Waals surface area contributed by atoms with E-state index in [1.165, 1.54) is 6.20 Å². The second-order valence-electron chi connectivity index (χ2n) is 4.69.